The third-order valence-electron chi connectivity index (χ3n) is 4.11. The van der Waals surface area contributed by atoms with Crippen molar-refractivity contribution in [3.8, 4) is 23.3 Å². The Morgan fingerprint density at radius 2 is 1.72 bits per heavy atom. The molecule has 0 aliphatic rings. The summed E-state index contributed by atoms with van der Waals surface area (Å²) in [7, 11) is 3.09. The number of hydrogen-bond acceptors (Lipinski definition) is 6. The Kier molecular flexibility index (Phi) is 6.23. The van der Waals surface area contributed by atoms with Gasteiger partial charge in [-0.05, 0) is 59.7 Å². The molecule has 0 amide bonds. The normalized spacial score (nSPS) is 10.7. The molecule has 2 aromatic carbocycles. The average Bonchev–Trinajstić information content (AvgIpc) is 2.77. The molecule has 6 heteroatoms. The Morgan fingerprint density at radius 3 is 2.41 bits per heavy atom. The van der Waals surface area contributed by atoms with Gasteiger partial charge in [0.15, 0.2) is 11.5 Å². The van der Waals surface area contributed by atoms with Crippen LogP contribution in [-0.4, -0.2) is 25.2 Å². The maximum absolute atomic E-state index is 12.2. The first-order valence-corrected chi connectivity index (χ1v) is 8.71. The number of esters is 1. The fourth-order valence-corrected chi connectivity index (χ4v) is 2.67. The van der Waals surface area contributed by atoms with Gasteiger partial charge in [0.25, 0.3) is 0 Å². The number of ether oxygens (including phenoxy) is 3. The van der Waals surface area contributed by atoms with Gasteiger partial charge in [-0.25, -0.2) is 4.79 Å². The van der Waals surface area contributed by atoms with Gasteiger partial charge in [-0.3, -0.25) is 4.98 Å². The Hall–Kier alpha value is -4.11. The van der Waals surface area contributed by atoms with Gasteiger partial charge in [-0.1, -0.05) is 12.1 Å². The smallest absolute Gasteiger partial charge is 0.343 e. The lowest BCUT2D eigenvalue weighted by Crippen LogP contribution is -2.08. The maximum Gasteiger partial charge on any atom is 0.343 e. The van der Waals surface area contributed by atoms with Crippen LogP contribution in [0.4, 0.5) is 0 Å². The van der Waals surface area contributed by atoms with Gasteiger partial charge >= 0.3 is 5.97 Å². The summed E-state index contributed by atoms with van der Waals surface area (Å²) in [6.07, 6.45) is 4.77. The van der Waals surface area contributed by atoms with Crippen LogP contribution in [-0.2, 0) is 0 Å². The van der Waals surface area contributed by atoms with Crippen molar-refractivity contribution < 1.29 is 19.0 Å². The molecular weight excluding hydrogens is 368 g/mol. The Morgan fingerprint density at radius 1 is 0.966 bits per heavy atom. The first-order chi connectivity index (χ1) is 14.1. The number of pyridine rings is 1. The zero-order chi connectivity index (χ0) is 20.6. The molecule has 6 nitrogen and oxygen atoms in total. The van der Waals surface area contributed by atoms with Gasteiger partial charge in [0.1, 0.15) is 5.75 Å². The number of carbonyl (C=O) groups is 1. The van der Waals surface area contributed by atoms with Crippen LogP contribution in [0.2, 0.25) is 0 Å². The van der Waals surface area contributed by atoms with E-state index in [-0.39, 0.29) is 0 Å². The van der Waals surface area contributed by atoms with Crippen LogP contribution in [0.5, 0.6) is 17.2 Å². The molecule has 0 unspecified atom stereocenters. The number of nitrogens with zero attached hydrogens (tertiary/aromatic N) is 2. The van der Waals surface area contributed by atoms with Crippen LogP contribution in [0.25, 0.3) is 11.6 Å². The van der Waals surface area contributed by atoms with Crippen molar-refractivity contribution in [2.75, 3.05) is 14.2 Å². The lowest BCUT2D eigenvalue weighted by atomic mass is 10.0. The quantitative estimate of drug-likeness (QED) is 0.271. The summed E-state index contributed by atoms with van der Waals surface area (Å²) in [4.78, 5) is 16.1. The number of carbonyl (C=O) groups excluding carboxylic acids is 1. The van der Waals surface area contributed by atoms with E-state index in [1.807, 2.05) is 6.07 Å². The van der Waals surface area contributed by atoms with Gasteiger partial charge < -0.3 is 14.2 Å². The third kappa shape index (κ3) is 4.79. The van der Waals surface area contributed by atoms with Crippen LogP contribution in [0.1, 0.15) is 21.5 Å². The van der Waals surface area contributed by atoms with E-state index < -0.39 is 5.97 Å². The van der Waals surface area contributed by atoms with Crippen LogP contribution in [0.15, 0.2) is 67.0 Å². The summed E-state index contributed by atoms with van der Waals surface area (Å²) >= 11 is 0. The molecule has 0 aliphatic carbocycles. The van der Waals surface area contributed by atoms with E-state index in [0.29, 0.717) is 33.9 Å². The van der Waals surface area contributed by atoms with Crippen molar-refractivity contribution in [2.45, 2.75) is 0 Å². The Balaban J connectivity index is 1.86. The summed E-state index contributed by atoms with van der Waals surface area (Å²) in [5.41, 5.74) is 2.24. The second-order valence-corrected chi connectivity index (χ2v) is 5.94. The van der Waals surface area contributed by atoms with Crippen molar-refractivity contribution in [1.82, 2.24) is 4.98 Å². The molecule has 29 heavy (non-hydrogen) atoms. The maximum atomic E-state index is 12.2. The van der Waals surface area contributed by atoms with E-state index in [4.69, 9.17) is 14.2 Å². The topological polar surface area (TPSA) is 81.4 Å². The summed E-state index contributed by atoms with van der Waals surface area (Å²) < 4.78 is 15.9. The van der Waals surface area contributed by atoms with Crippen molar-refractivity contribution in [2.24, 2.45) is 0 Å². The van der Waals surface area contributed by atoms with E-state index in [1.54, 1.807) is 61.7 Å². The van der Waals surface area contributed by atoms with Gasteiger partial charge in [-0.15, -0.1) is 0 Å². The highest BCUT2D eigenvalue weighted by Gasteiger charge is 2.10. The highest BCUT2D eigenvalue weighted by Crippen LogP contribution is 2.31. The predicted octanol–water partition coefficient (Wildman–Crippen LogP) is 4.38. The first kappa shape index (κ1) is 19.6. The van der Waals surface area contributed by atoms with E-state index >= 15 is 0 Å². The summed E-state index contributed by atoms with van der Waals surface area (Å²) in [6.45, 7) is 0. The molecule has 144 valence electrons. The lowest BCUT2D eigenvalue weighted by Gasteiger charge is -2.09. The number of aromatic nitrogens is 1. The second kappa shape index (κ2) is 9.20. The molecule has 0 spiro atoms. The number of hydrogen-bond donors (Lipinski definition) is 0. The largest absolute Gasteiger partial charge is 0.493 e. The average molecular weight is 386 g/mol. The van der Waals surface area contributed by atoms with Gasteiger partial charge in [-0.2, -0.15) is 5.26 Å². The molecule has 1 heterocycles. The molecule has 3 aromatic rings. The lowest BCUT2D eigenvalue weighted by molar-refractivity contribution is 0.0734. The summed E-state index contributed by atoms with van der Waals surface area (Å²) in [5.74, 6) is 1.02. The van der Waals surface area contributed by atoms with Crippen LogP contribution >= 0.6 is 0 Å². The van der Waals surface area contributed by atoms with Crippen molar-refractivity contribution >= 4 is 17.6 Å². The van der Waals surface area contributed by atoms with Crippen LogP contribution in [0, 0.1) is 11.3 Å². The van der Waals surface area contributed by atoms with Gasteiger partial charge in [0.2, 0.25) is 0 Å². The van der Waals surface area contributed by atoms with Gasteiger partial charge in [0.05, 0.1) is 31.4 Å². The number of nitriles is 1. The van der Waals surface area contributed by atoms with Crippen molar-refractivity contribution in [3.63, 3.8) is 0 Å². The zero-order valence-corrected chi connectivity index (χ0v) is 16.0. The third-order valence-corrected chi connectivity index (χ3v) is 4.11. The molecule has 3 rings (SSSR count). The molecule has 0 bridgehead atoms. The monoisotopic (exact) mass is 386 g/mol. The van der Waals surface area contributed by atoms with Crippen molar-refractivity contribution in [3.05, 3.63) is 83.7 Å². The fourth-order valence-electron chi connectivity index (χ4n) is 2.67. The first-order valence-electron chi connectivity index (χ1n) is 8.71. The van der Waals surface area contributed by atoms with E-state index in [1.165, 1.54) is 19.5 Å². The minimum Gasteiger partial charge on any atom is -0.493 e. The molecule has 0 saturated carbocycles. The van der Waals surface area contributed by atoms with Crippen LogP contribution < -0.4 is 14.2 Å². The highest BCUT2D eigenvalue weighted by atomic mass is 16.5. The molecule has 0 saturated heterocycles. The van der Waals surface area contributed by atoms with Crippen molar-refractivity contribution in [1.29, 1.82) is 5.26 Å². The summed E-state index contributed by atoms with van der Waals surface area (Å²) in [5, 5.41) is 9.61. The molecular formula is C23H18N2O4. The number of allylic oxidation sites excluding steroid dienone is 1. The van der Waals surface area contributed by atoms with E-state index in [0.717, 1.165) is 5.56 Å². The number of rotatable bonds is 6. The van der Waals surface area contributed by atoms with Gasteiger partial charge in [0, 0.05) is 12.4 Å². The molecule has 0 fully saturated rings. The number of benzene rings is 2. The molecule has 0 N–H and O–H groups in total. The standard InChI is InChI=1S/C23H18N2O4/c1-27-21-7-6-18(14-22(21)28-2)19(15-24)12-16-4-3-5-20(13-16)29-23(26)17-8-10-25-11-9-17/h3-14H,1-2H3/b19-12-. The minimum atomic E-state index is -0.478. The van der Waals surface area contributed by atoms with E-state index in [2.05, 4.69) is 11.1 Å². The second-order valence-electron chi connectivity index (χ2n) is 5.94. The molecule has 0 radical (unpaired) electrons. The van der Waals surface area contributed by atoms with Crippen LogP contribution in [0.3, 0.4) is 0 Å². The number of methoxy groups -OCH3 is 2. The minimum absolute atomic E-state index is 0.380. The molecule has 1 aromatic heterocycles. The van der Waals surface area contributed by atoms with E-state index in [9.17, 15) is 10.1 Å². The summed E-state index contributed by atoms with van der Waals surface area (Å²) in [6, 6.07) is 17.6. The Bertz CT molecular complexity index is 1090. The Labute approximate surface area is 168 Å². The zero-order valence-electron chi connectivity index (χ0n) is 16.0. The fraction of sp³-hybridized carbons (Fsp3) is 0.0870. The molecule has 0 atom stereocenters. The molecule has 0 aliphatic heterocycles. The predicted molar refractivity (Wildman–Crippen MR) is 109 cm³/mol. The highest BCUT2D eigenvalue weighted by molar-refractivity contribution is 5.92. The SMILES string of the molecule is COc1ccc(/C(C#N)=C\c2cccc(OC(=O)c3ccncc3)c2)cc1OC.